The SMILES string of the molecule is CNC(c1cccc(Br)c1)c1cc(OC)ccc1OC. The first-order chi connectivity index (χ1) is 9.69. The van der Waals surface area contributed by atoms with Crippen molar-refractivity contribution in [3.05, 3.63) is 58.1 Å². The number of halogens is 1. The van der Waals surface area contributed by atoms with Crippen molar-refractivity contribution in [3.8, 4) is 11.5 Å². The van der Waals surface area contributed by atoms with Gasteiger partial charge >= 0.3 is 0 Å². The maximum Gasteiger partial charge on any atom is 0.124 e. The lowest BCUT2D eigenvalue weighted by Gasteiger charge is -2.21. The van der Waals surface area contributed by atoms with E-state index in [1.165, 1.54) is 0 Å². The molecule has 3 nitrogen and oxygen atoms in total. The molecule has 1 atom stereocenters. The Balaban J connectivity index is 2.50. The normalized spacial score (nSPS) is 12.0. The molecule has 0 aliphatic heterocycles. The highest BCUT2D eigenvalue weighted by Gasteiger charge is 2.17. The maximum absolute atomic E-state index is 5.47. The zero-order chi connectivity index (χ0) is 14.5. The summed E-state index contributed by atoms with van der Waals surface area (Å²) in [5.74, 6) is 1.65. The number of rotatable bonds is 5. The lowest BCUT2D eigenvalue weighted by atomic mass is 9.97. The minimum absolute atomic E-state index is 0.0394. The van der Waals surface area contributed by atoms with Crippen molar-refractivity contribution < 1.29 is 9.47 Å². The molecule has 0 heterocycles. The van der Waals surface area contributed by atoms with Gasteiger partial charge in [-0.05, 0) is 42.9 Å². The Bertz CT molecular complexity index is 586. The molecule has 0 amide bonds. The summed E-state index contributed by atoms with van der Waals surface area (Å²) in [5, 5.41) is 3.33. The average Bonchev–Trinajstić information content (AvgIpc) is 2.48. The van der Waals surface area contributed by atoms with Gasteiger partial charge in [-0.1, -0.05) is 28.1 Å². The first-order valence-corrected chi connectivity index (χ1v) is 7.13. The smallest absolute Gasteiger partial charge is 0.124 e. The van der Waals surface area contributed by atoms with Crippen molar-refractivity contribution in [2.24, 2.45) is 0 Å². The molecule has 0 radical (unpaired) electrons. The lowest BCUT2D eigenvalue weighted by Crippen LogP contribution is -2.18. The molecule has 0 aromatic heterocycles. The Morgan fingerprint density at radius 2 is 1.85 bits per heavy atom. The molecule has 106 valence electrons. The van der Waals surface area contributed by atoms with Crippen LogP contribution in [0.3, 0.4) is 0 Å². The third-order valence-electron chi connectivity index (χ3n) is 3.22. The molecule has 2 aromatic carbocycles. The highest BCUT2D eigenvalue weighted by Crippen LogP contribution is 2.33. The third-order valence-corrected chi connectivity index (χ3v) is 3.71. The fourth-order valence-electron chi connectivity index (χ4n) is 2.25. The van der Waals surface area contributed by atoms with Crippen LogP contribution in [0.25, 0.3) is 0 Å². The van der Waals surface area contributed by atoms with Gasteiger partial charge in [-0.3, -0.25) is 0 Å². The summed E-state index contributed by atoms with van der Waals surface area (Å²) in [5.41, 5.74) is 2.21. The summed E-state index contributed by atoms with van der Waals surface area (Å²) >= 11 is 3.51. The minimum Gasteiger partial charge on any atom is -0.497 e. The van der Waals surface area contributed by atoms with Crippen molar-refractivity contribution in [3.63, 3.8) is 0 Å². The number of hydrogen-bond acceptors (Lipinski definition) is 3. The van der Waals surface area contributed by atoms with Crippen LogP contribution in [0, 0.1) is 0 Å². The van der Waals surface area contributed by atoms with Gasteiger partial charge in [0.05, 0.1) is 20.3 Å². The van der Waals surface area contributed by atoms with Crippen LogP contribution in [-0.2, 0) is 0 Å². The van der Waals surface area contributed by atoms with Crippen molar-refractivity contribution in [2.45, 2.75) is 6.04 Å². The van der Waals surface area contributed by atoms with Gasteiger partial charge in [0.25, 0.3) is 0 Å². The van der Waals surface area contributed by atoms with Crippen LogP contribution in [0.15, 0.2) is 46.9 Å². The number of hydrogen-bond donors (Lipinski definition) is 1. The topological polar surface area (TPSA) is 30.5 Å². The molecule has 4 heteroatoms. The third kappa shape index (κ3) is 3.14. The Labute approximate surface area is 128 Å². The predicted molar refractivity (Wildman–Crippen MR) is 84.6 cm³/mol. The molecule has 1 unspecified atom stereocenters. The molecular weight excluding hydrogens is 318 g/mol. The molecule has 0 fully saturated rings. The quantitative estimate of drug-likeness (QED) is 0.902. The second-order valence-corrected chi connectivity index (χ2v) is 5.30. The van der Waals surface area contributed by atoms with E-state index in [0.29, 0.717) is 0 Å². The summed E-state index contributed by atoms with van der Waals surface area (Å²) in [6.45, 7) is 0. The Kier molecular flexibility index (Phi) is 5.04. The molecule has 20 heavy (non-hydrogen) atoms. The second kappa shape index (κ2) is 6.77. The van der Waals surface area contributed by atoms with E-state index in [1.54, 1.807) is 14.2 Å². The van der Waals surface area contributed by atoms with Crippen molar-refractivity contribution in [2.75, 3.05) is 21.3 Å². The van der Waals surface area contributed by atoms with Gasteiger partial charge in [0, 0.05) is 10.0 Å². The lowest BCUT2D eigenvalue weighted by molar-refractivity contribution is 0.395. The van der Waals surface area contributed by atoms with E-state index >= 15 is 0 Å². The second-order valence-electron chi connectivity index (χ2n) is 4.38. The van der Waals surface area contributed by atoms with Crippen LogP contribution in [0.1, 0.15) is 17.2 Å². The standard InChI is InChI=1S/C16H18BrNO2/c1-18-16(11-5-4-6-12(17)9-11)14-10-13(19-2)7-8-15(14)20-3/h4-10,16,18H,1-3H3. The van der Waals surface area contributed by atoms with Crippen LogP contribution in [0.5, 0.6) is 11.5 Å². The van der Waals surface area contributed by atoms with Gasteiger partial charge in [-0.2, -0.15) is 0 Å². The highest BCUT2D eigenvalue weighted by atomic mass is 79.9. The molecule has 0 bridgehead atoms. The monoisotopic (exact) mass is 335 g/mol. The predicted octanol–water partition coefficient (Wildman–Crippen LogP) is 3.78. The van der Waals surface area contributed by atoms with E-state index in [-0.39, 0.29) is 6.04 Å². The first kappa shape index (κ1) is 14.9. The van der Waals surface area contributed by atoms with Crippen LogP contribution in [0.4, 0.5) is 0 Å². The fourth-order valence-corrected chi connectivity index (χ4v) is 2.67. The molecule has 0 aliphatic rings. The first-order valence-electron chi connectivity index (χ1n) is 6.34. The van der Waals surface area contributed by atoms with E-state index in [2.05, 4.69) is 33.4 Å². The van der Waals surface area contributed by atoms with Gasteiger partial charge in [-0.25, -0.2) is 0 Å². The van der Waals surface area contributed by atoms with Crippen LogP contribution in [-0.4, -0.2) is 21.3 Å². The maximum atomic E-state index is 5.47. The molecule has 0 spiro atoms. The van der Waals surface area contributed by atoms with E-state index in [0.717, 1.165) is 27.1 Å². The Hall–Kier alpha value is -1.52. The number of ether oxygens (including phenoxy) is 2. The number of nitrogens with one attached hydrogen (secondary N) is 1. The summed E-state index contributed by atoms with van der Waals surface area (Å²) < 4.78 is 11.8. The molecule has 1 N–H and O–H groups in total. The zero-order valence-electron chi connectivity index (χ0n) is 11.8. The summed E-state index contributed by atoms with van der Waals surface area (Å²) in [4.78, 5) is 0. The summed E-state index contributed by atoms with van der Waals surface area (Å²) in [6, 6.07) is 14.1. The Morgan fingerprint density at radius 3 is 2.45 bits per heavy atom. The van der Waals surface area contributed by atoms with Crippen LogP contribution >= 0.6 is 15.9 Å². The fraction of sp³-hybridized carbons (Fsp3) is 0.250. The van der Waals surface area contributed by atoms with Crippen LogP contribution in [0.2, 0.25) is 0 Å². The van der Waals surface area contributed by atoms with Crippen LogP contribution < -0.4 is 14.8 Å². The van der Waals surface area contributed by atoms with Crippen molar-refractivity contribution in [1.82, 2.24) is 5.32 Å². The molecule has 2 aromatic rings. The summed E-state index contributed by atoms with van der Waals surface area (Å²) in [7, 11) is 5.28. The minimum atomic E-state index is 0.0394. The van der Waals surface area contributed by atoms with E-state index in [1.807, 2.05) is 37.4 Å². The van der Waals surface area contributed by atoms with Gasteiger partial charge in [0.15, 0.2) is 0 Å². The highest BCUT2D eigenvalue weighted by molar-refractivity contribution is 9.10. The summed E-state index contributed by atoms with van der Waals surface area (Å²) in [6.07, 6.45) is 0. The van der Waals surface area contributed by atoms with E-state index in [4.69, 9.17) is 9.47 Å². The van der Waals surface area contributed by atoms with Gasteiger partial charge in [-0.15, -0.1) is 0 Å². The zero-order valence-corrected chi connectivity index (χ0v) is 13.4. The van der Waals surface area contributed by atoms with E-state index in [9.17, 15) is 0 Å². The Morgan fingerprint density at radius 1 is 1.05 bits per heavy atom. The molecule has 0 aliphatic carbocycles. The van der Waals surface area contributed by atoms with Gasteiger partial charge in [0.2, 0.25) is 0 Å². The molecular formula is C16H18BrNO2. The average molecular weight is 336 g/mol. The van der Waals surface area contributed by atoms with Crippen molar-refractivity contribution in [1.29, 1.82) is 0 Å². The largest absolute Gasteiger partial charge is 0.497 e. The number of methoxy groups -OCH3 is 2. The van der Waals surface area contributed by atoms with Crippen molar-refractivity contribution >= 4 is 15.9 Å². The van der Waals surface area contributed by atoms with Gasteiger partial charge < -0.3 is 14.8 Å². The number of benzene rings is 2. The molecule has 0 saturated carbocycles. The molecule has 0 saturated heterocycles. The van der Waals surface area contributed by atoms with Gasteiger partial charge in [0.1, 0.15) is 11.5 Å². The molecule has 2 rings (SSSR count). The van der Waals surface area contributed by atoms with E-state index < -0.39 is 0 Å².